The first-order valence-corrected chi connectivity index (χ1v) is 6.72. The highest BCUT2D eigenvalue weighted by atomic mass is 19.2. The number of amides is 1. The van der Waals surface area contributed by atoms with Crippen LogP contribution in [0.15, 0.2) is 12.3 Å². The normalized spacial score (nSPS) is 16.7. The molecule has 1 saturated heterocycles. The molecule has 1 aromatic heterocycles. The van der Waals surface area contributed by atoms with Gasteiger partial charge in [-0.15, -0.1) is 0 Å². The number of nitrogens with zero attached hydrogens (tertiary/aromatic N) is 2. The number of hydrogen-bond acceptors (Lipinski definition) is 2. The maximum absolute atomic E-state index is 13.5. The third kappa shape index (κ3) is 3.08. The van der Waals surface area contributed by atoms with Crippen LogP contribution in [0.3, 0.4) is 0 Å². The lowest BCUT2D eigenvalue weighted by Crippen LogP contribution is -2.39. The maximum atomic E-state index is 13.5. The lowest BCUT2D eigenvalue weighted by molar-refractivity contribution is 0.0680. The van der Waals surface area contributed by atoms with Crippen LogP contribution in [-0.2, 0) is 0 Å². The largest absolute Gasteiger partial charge is 0.339 e. The van der Waals surface area contributed by atoms with Gasteiger partial charge in [-0.05, 0) is 24.8 Å². The highest BCUT2D eigenvalue weighted by molar-refractivity contribution is 5.94. The van der Waals surface area contributed by atoms with Gasteiger partial charge in [0.25, 0.3) is 5.91 Å². The molecule has 1 amide bonds. The van der Waals surface area contributed by atoms with Crippen LogP contribution in [0.1, 0.15) is 43.0 Å². The fourth-order valence-electron chi connectivity index (χ4n) is 2.59. The van der Waals surface area contributed by atoms with Crippen molar-refractivity contribution in [2.45, 2.75) is 32.6 Å². The summed E-state index contributed by atoms with van der Waals surface area (Å²) in [5.74, 6) is -2.16. The van der Waals surface area contributed by atoms with Gasteiger partial charge in [-0.2, -0.15) is 4.39 Å². The summed E-state index contributed by atoms with van der Waals surface area (Å²) in [6.45, 7) is 3.38. The number of piperidine rings is 1. The molecule has 0 bridgehead atoms. The molecule has 104 valence electrons. The van der Waals surface area contributed by atoms with Crippen LogP contribution in [0.4, 0.5) is 8.78 Å². The number of aromatic nitrogens is 1. The van der Waals surface area contributed by atoms with Gasteiger partial charge in [0.1, 0.15) is 0 Å². The molecule has 0 atom stereocenters. The molecule has 0 spiro atoms. The van der Waals surface area contributed by atoms with Crippen LogP contribution in [0.5, 0.6) is 0 Å². The molecule has 0 aromatic carbocycles. The molecule has 0 saturated carbocycles. The lowest BCUT2D eigenvalue weighted by Gasteiger charge is -2.32. The molecule has 0 N–H and O–H groups in total. The maximum Gasteiger partial charge on any atom is 0.257 e. The first-order chi connectivity index (χ1) is 9.13. The minimum atomic E-state index is -1.22. The predicted octanol–water partition coefficient (Wildman–Crippen LogP) is 3.01. The molecule has 0 unspecified atom stereocenters. The van der Waals surface area contributed by atoms with Gasteiger partial charge in [-0.25, -0.2) is 9.37 Å². The van der Waals surface area contributed by atoms with Crippen molar-refractivity contribution in [3.8, 4) is 0 Å². The number of pyridine rings is 1. The SMILES string of the molecule is CCCC1CCN(C(=O)c2ccnc(F)c2F)CC1. The van der Waals surface area contributed by atoms with E-state index in [1.807, 2.05) is 0 Å². The van der Waals surface area contributed by atoms with Crippen LogP contribution in [0.25, 0.3) is 0 Å². The summed E-state index contributed by atoms with van der Waals surface area (Å²) >= 11 is 0. The number of rotatable bonds is 3. The number of carbonyl (C=O) groups excluding carboxylic acids is 1. The molecule has 2 rings (SSSR count). The Balaban J connectivity index is 2.03. The molecular formula is C14H18F2N2O. The number of hydrogen-bond donors (Lipinski definition) is 0. The Bertz CT molecular complexity index is 457. The Morgan fingerprint density at radius 2 is 2.11 bits per heavy atom. The van der Waals surface area contributed by atoms with E-state index in [0.29, 0.717) is 19.0 Å². The van der Waals surface area contributed by atoms with E-state index in [9.17, 15) is 13.6 Å². The highest BCUT2D eigenvalue weighted by Gasteiger charge is 2.26. The van der Waals surface area contributed by atoms with E-state index in [-0.39, 0.29) is 5.56 Å². The van der Waals surface area contributed by atoms with Crippen molar-refractivity contribution in [3.05, 3.63) is 29.6 Å². The second-order valence-electron chi connectivity index (χ2n) is 4.99. The first-order valence-electron chi connectivity index (χ1n) is 6.72. The third-order valence-electron chi connectivity index (χ3n) is 3.68. The molecule has 1 aromatic rings. The second kappa shape index (κ2) is 6.08. The Hall–Kier alpha value is -1.52. The molecule has 1 aliphatic rings. The van der Waals surface area contributed by atoms with Crippen LogP contribution < -0.4 is 0 Å². The van der Waals surface area contributed by atoms with Crippen molar-refractivity contribution in [2.24, 2.45) is 5.92 Å². The Labute approximate surface area is 111 Å². The van der Waals surface area contributed by atoms with Gasteiger partial charge >= 0.3 is 0 Å². The topological polar surface area (TPSA) is 33.2 Å². The summed E-state index contributed by atoms with van der Waals surface area (Å²) in [7, 11) is 0. The second-order valence-corrected chi connectivity index (χ2v) is 4.99. The molecule has 0 aliphatic carbocycles. The molecule has 19 heavy (non-hydrogen) atoms. The monoisotopic (exact) mass is 268 g/mol. The van der Waals surface area contributed by atoms with Gasteiger partial charge in [0.15, 0.2) is 5.82 Å². The standard InChI is InChI=1S/C14H18F2N2O/c1-2-3-10-5-8-18(9-6-10)14(19)11-4-7-17-13(16)12(11)15/h4,7,10H,2-3,5-6,8-9H2,1H3. The fraction of sp³-hybridized carbons (Fsp3) is 0.571. The van der Waals surface area contributed by atoms with E-state index >= 15 is 0 Å². The summed E-state index contributed by atoms with van der Waals surface area (Å²) in [6, 6.07) is 1.23. The first kappa shape index (κ1) is 13.9. The number of carbonyl (C=O) groups is 1. The smallest absolute Gasteiger partial charge is 0.257 e. The lowest BCUT2D eigenvalue weighted by atomic mass is 9.92. The minimum absolute atomic E-state index is 0.221. The number of halogens is 2. The van der Waals surface area contributed by atoms with Crippen LogP contribution in [-0.4, -0.2) is 28.9 Å². The van der Waals surface area contributed by atoms with Crippen molar-refractivity contribution < 1.29 is 13.6 Å². The van der Waals surface area contributed by atoms with Gasteiger partial charge in [-0.1, -0.05) is 19.8 Å². The van der Waals surface area contributed by atoms with Crippen molar-refractivity contribution in [1.29, 1.82) is 0 Å². The molecule has 1 aliphatic heterocycles. The summed E-state index contributed by atoms with van der Waals surface area (Å²) < 4.78 is 26.5. The van der Waals surface area contributed by atoms with Gasteiger partial charge in [0, 0.05) is 19.3 Å². The Kier molecular flexibility index (Phi) is 4.45. The summed E-state index contributed by atoms with van der Waals surface area (Å²) in [4.78, 5) is 16.9. The molecule has 1 fully saturated rings. The van der Waals surface area contributed by atoms with Crippen LogP contribution >= 0.6 is 0 Å². The third-order valence-corrected chi connectivity index (χ3v) is 3.68. The van der Waals surface area contributed by atoms with E-state index in [4.69, 9.17) is 0 Å². The summed E-state index contributed by atoms with van der Waals surface area (Å²) in [5, 5.41) is 0. The van der Waals surface area contributed by atoms with E-state index in [0.717, 1.165) is 25.5 Å². The summed E-state index contributed by atoms with van der Waals surface area (Å²) in [6.07, 6.45) is 5.31. The van der Waals surface area contributed by atoms with E-state index in [1.54, 1.807) is 4.90 Å². The van der Waals surface area contributed by atoms with Gasteiger partial charge in [0.05, 0.1) is 5.56 Å². The van der Waals surface area contributed by atoms with Gasteiger partial charge in [0.2, 0.25) is 5.95 Å². The average molecular weight is 268 g/mol. The fourth-order valence-corrected chi connectivity index (χ4v) is 2.59. The molecule has 3 nitrogen and oxygen atoms in total. The van der Waals surface area contributed by atoms with Gasteiger partial charge in [-0.3, -0.25) is 4.79 Å². The quantitative estimate of drug-likeness (QED) is 0.789. The van der Waals surface area contributed by atoms with E-state index < -0.39 is 17.7 Å². The zero-order valence-corrected chi connectivity index (χ0v) is 11.0. The van der Waals surface area contributed by atoms with E-state index in [2.05, 4.69) is 11.9 Å². The van der Waals surface area contributed by atoms with Gasteiger partial charge < -0.3 is 4.90 Å². The molecule has 5 heteroatoms. The Morgan fingerprint density at radius 3 is 2.74 bits per heavy atom. The van der Waals surface area contributed by atoms with Crippen molar-refractivity contribution in [1.82, 2.24) is 9.88 Å². The molecular weight excluding hydrogens is 250 g/mol. The minimum Gasteiger partial charge on any atom is -0.339 e. The summed E-state index contributed by atoms with van der Waals surface area (Å²) in [5.41, 5.74) is -0.221. The van der Waals surface area contributed by atoms with Crippen LogP contribution in [0.2, 0.25) is 0 Å². The van der Waals surface area contributed by atoms with Crippen LogP contribution in [0, 0.1) is 17.7 Å². The zero-order chi connectivity index (χ0) is 13.8. The molecule has 0 radical (unpaired) electrons. The highest BCUT2D eigenvalue weighted by Crippen LogP contribution is 2.23. The van der Waals surface area contributed by atoms with Crippen molar-refractivity contribution >= 4 is 5.91 Å². The predicted molar refractivity (Wildman–Crippen MR) is 67.7 cm³/mol. The van der Waals surface area contributed by atoms with Crippen molar-refractivity contribution in [2.75, 3.05) is 13.1 Å². The Morgan fingerprint density at radius 1 is 1.42 bits per heavy atom. The van der Waals surface area contributed by atoms with Crippen molar-refractivity contribution in [3.63, 3.8) is 0 Å². The average Bonchev–Trinajstić information content (AvgIpc) is 2.42. The zero-order valence-electron chi connectivity index (χ0n) is 11.0. The number of likely N-dealkylation sites (tertiary alicyclic amines) is 1. The molecule has 2 heterocycles. The van der Waals surface area contributed by atoms with E-state index in [1.165, 1.54) is 12.5 Å².